The number of nitrogens with one attached hydrogen (secondary N) is 1. The smallest absolute Gasteiger partial charge is 0.236 e. The Morgan fingerprint density at radius 3 is 2.93 bits per heavy atom. The average Bonchev–Trinajstić information content (AvgIpc) is 3.15. The van der Waals surface area contributed by atoms with Crippen molar-refractivity contribution in [2.75, 3.05) is 27.2 Å². The Morgan fingerprint density at radius 2 is 2.18 bits per heavy atom. The number of rotatable bonds is 8. The zero-order valence-electron chi connectivity index (χ0n) is 17.4. The fourth-order valence-electron chi connectivity index (χ4n) is 4.60. The minimum absolute atomic E-state index is 0.101. The fraction of sp³-hybridized carbons (Fsp3) is 0.542. The van der Waals surface area contributed by atoms with Crippen molar-refractivity contribution >= 4 is 5.91 Å². The van der Waals surface area contributed by atoms with Gasteiger partial charge in [-0.1, -0.05) is 53.6 Å². The largest absolute Gasteiger partial charge is 0.392 e. The molecule has 1 aromatic rings. The Labute approximate surface area is 169 Å². The van der Waals surface area contributed by atoms with Crippen molar-refractivity contribution in [3.8, 4) is 0 Å². The highest BCUT2D eigenvalue weighted by atomic mass is 16.3. The van der Waals surface area contributed by atoms with Gasteiger partial charge in [-0.15, -0.1) is 0 Å². The molecule has 0 aliphatic heterocycles. The first-order valence-electron chi connectivity index (χ1n) is 10.4. The molecule has 3 rings (SSSR count). The third-order valence-electron chi connectivity index (χ3n) is 6.12. The average molecular weight is 383 g/mol. The molecule has 1 amide bonds. The molecule has 1 fully saturated rings. The Hall–Kier alpha value is -1.91. The molecule has 1 saturated carbocycles. The van der Waals surface area contributed by atoms with Crippen LogP contribution in [0.5, 0.6) is 0 Å². The lowest BCUT2D eigenvalue weighted by Crippen LogP contribution is -2.33. The number of amides is 1. The van der Waals surface area contributed by atoms with E-state index in [0.717, 1.165) is 32.2 Å². The fourth-order valence-corrected chi connectivity index (χ4v) is 4.60. The number of nitrogens with zero attached hydrogens (tertiary/aromatic N) is 1. The summed E-state index contributed by atoms with van der Waals surface area (Å²) in [4.78, 5) is 13.3. The van der Waals surface area contributed by atoms with E-state index in [-0.39, 0.29) is 17.9 Å². The quantitative estimate of drug-likeness (QED) is 0.680. The van der Waals surface area contributed by atoms with Crippen molar-refractivity contribution in [3.63, 3.8) is 0 Å². The van der Waals surface area contributed by atoms with Crippen LogP contribution < -0.4 is 5.32 Å². The molecule has 4 heteroatoms. The van der Waals surface area contributed by atoms with Crippen molar-refractivity contribution in [1.82, 2.24) is 10.2 Å². The van der Waals surface area contributed by atoms with E-state index >= 15 is 0 Å². The molecule has 28 heavy (non-hydrogen) atoms. The molecule has 0 bridgehead atoms. The maximum absolute atomic E-state index is 11.7. The zero-order chi connectivity index (χ0) is 20.1. The van der Waals surface area contributed by atoms with Gasteiger partial charge in [-0.2, -0.15) is 0 Å². The number of aliphatic hydroxyl groups excluding tert-OH is 1. The molecule has 1 aromatic carbocycles. The highest BCUT2D eigenvalue weighted by Crippen LogP contribution is 2.47. The number of carbonyl (C=O) groups is 1. The number of carbonyl (C=O) groups excluding carboxylic acids is 1. The van der Waals surface area contributed by atoms with Gasteiger partial charge in [0.25, 0.3) is 0 Å². The molecule has 4 nitrogen and oxygen atoms in total. The van der Waals surface area contributed by atoms with Gasteiger partial charge in [0.05, 0.1) is 12.6 Å². The molecular weight excluding hydrogens is 348 g/mol. The van der Waals surface area contributed by atoms with Gasteiger partial charge in [0.1, 0.15) is 0 Å². The number of hydrogen-bond donors (Lipinski definition) is 2. The predicted molar refractivity (Wildman–Crippen MR) is 114 cm³/mol. The van der Waals surface area contributed by atoms with E-state index in [1.165, 1.54) is 16.7 Å². The van der Waals surface area contributed by atoms with E-state index in [2.05, 4.69) is 54.7 Å². The molecule has 4 atom stereocenters. The highest BCUT2D eigenvalue weighted by molar-refractivity contribution is 5.77. The monoisotopic (exact) mass is 382 g/mol. The minimum Gasteiger partial charge on any atom is -0.392 e. The van der Waals surface area contributed by atoms with E-state index in [9.17, 15) is 9.90 Å². The lowest BCUT2D eigenvalue weighted by atomic mass is 9.89. The van der Waals surface area contributed by atoms with Gasteiger partial charge in [-0.3, -0.25) is 4.79 Å². The molecular formula is C24H34N2O2. The molecule has 0 spiro atoms. The summed E-state index contributed by atoms with van der Waals surface area (Å²) in [5.41, 5.74) is 4.06. The van der Waals surface area contributed by atoms with E-state index in [1.807, 2.05) is 0 Å². The molecule has 0 unspecified atom stereocenters. The van der Waals surface area contributed by atoms with Crippen LogP contribution in [0.1, 0.15) is 30.4 Å². The maximum atomic E-state index is 11.7. The van der Waals surface area contributed by atoms with E-state index in [4.69, 9.17) is 0 Å². The van der Waals surface area contributed by atoms with Gasteiger partial charge in [0, 0.05) is 26.6 Å². The predicted octanol–water partition coefficient (Wildman–Crippen LogP) is 3.10. The number of fused-ring (bicyclic) bond motifs is 1. The SMILES string of the molecule is Cc1cccc(CC/C=C/[C@@H]2[C@H]3CC(CNCC(=O)N(C)C)=C[C@H]3C[C@H]2O)c1. The molecule has 2 aliphatic carbocycles. The van der Waals surface area contributed by atoms with Crippen molar-refractivity contribution in [1.29, 1.82) is 0 Å². The number of hydrogen-bond acceptors (Lipinski definition) is 3. The van der Waals surface area contributed by atoms with Crippen LogP contribution in [-0.2, 0) is 11.2 Å². The Kier molecular flexibility index (Phi) is 7.08. The summed E-state index contributed by atoms with van der Waals surface area (Å²) in [6.07, 6.45) is 10.6. The number of likely N-dealkylation sites (N-methyl/N-ethyl adjacent to an activating group) is 1. The van der Waals surface area contributed by atoms with Crippen LogP contribution in [0.2, 0.25) is 0 Å². The summed E-state index contributed by atoms with van der Waals surface area (Å²) in [6.45, 7) is 3.28. The molecule has 0 radical (unpaired) electrons. The van der Waals surface area contributed by atoms with Crippen LogP contribution in [0.15, 0.2) is 48.1 Å². The van der Waals surface area contributed by atoms with Crippen LogP contribution in [0, 0.1) is 24.7 Å². The highest BCUT2D eigenvalue weighted by Gasteiger charge is 2.43. The van der Waals surface area contributed by atoms with Crippen LogP contribution >= 0.6 is 0 Å². The summed E-state index contributed by atoms with van der Waals surface area (Å²) in [7, 11) is 3.56. The van der Waals surface area contributed by atoms with Gasteiger partial charge >= 0.3 is 0 Å². The van der Waals surface area contributed by atoms with E-state index in [0.29, 0.717) is 18.4 Å². The second-order valence-corrected chi connectivity index (χ2v) is 8.58. The van der Waals surface area contributed by atoms with Gasteiger partial charge < -0.3 is 15.3 Å². The zero-order valence-corrected chi connectivity index (χ0v) is 17.4. The van der Waals surface area contributed by atoms with Crippen molar-refractivity contribution < 1.29 is 9.90 Å². The standard InChI is InChI=1S/C24H34N2O2/c1-17-7-6-9-18(11-17)8-4-5-10-21-22-13-19(12-20(22)14-23(21)27)15-25-16-24(28)26(2)3/h5-7,9-12,20-23,25,27H,4,8,13-16H2,1-3H3/b10-5+/t20-,21+,22-,23+/m0/s1. The first-order valence-corrected chi connectivity index (χ1v) is 10.4. The molecule has 152 valence electrons. The van der Waals surface area contributed by atoms with Crippen molar-refractivity contribution in [2.24, 2.45) is 17.8 Å². The third-order valence-corrected chi connectivity index (χ3v) is 6.12. The minimum atomic E-state index is -0.230. The summed E-state index contributed by atoms with van der Waals surface area (Å²) in [6, 6.07) is 8.67. The van der Waals surface area contributed by atoms with Crippen molar-refractivity contribution in [3.05, 3.63) is 59.2 Å². The van der Waals surface area contributed by atoms with Crippen LogP contribution in [0.25, 0.3) is 0 Å². The Bertz CT molecular complexity index is 738. The summed E-state index contributed by atoms with van der Waals surface area (Å²) < 4.78 is 0. The number of benzene rings is 1. The van der Waals surface area contributed by atoms with Crippen molar-refractivity contribution in [2.45, 2.75) is 38.7 Å². The molecule has 2 aliphatic rings. The summed E-state index contributed by atoms with van der Waals surface area (Å²) in [5.74, 6) is 1.33. The van der Waals surface area contributed by atoms with Gasteiger partial charge in [0.2, 0.25) is 5.91 Å². The summed E-state index contributed by atoms with van der Waals surface area (Å²) >= 11 is 0. The maximum Gasteiger partial charge on any atom is 0.236 e. The number of aryl methyl sites for hydroxylation is 2. The van der Waals surface area contributed by atoms with Gasteiger partial charge in [-0.25, -0.2) is 0 Å². The number of allylic oxidation sites excluding steroid dienone is 2. The molecule has 2 N–H and O–H groups in total. The third kappa shape index (κ3) is 5.33. The molecule has 0 aromatic heterocycles. The van der Waals surface area contributed by atoms with Gasteiger partial charge in [-0.05, 0) is 50.0 Å². The topological polar surface area (TPSA) is 52.6 Å². The first kappa shape index (κ1) is 20.8. The normalized spacial score (nSPS) is 26.5. The Balaban J connectivity index is 1.46. The second-order valence-electron chi connectivity index (χ2n) is 8.58. The molecule has 0 saturated heterocycles. The Morgan fingerprint density at radius 1 is 1.36 bits per heavy atom. The van der Waals surface area contributed by atoms with Crippen LogP contribution in [-0.4, -0.2) is 49.2 Å². The van der Waals surface area contributed by atoms with Gasteiger partial charge in [0.15, 0.2) is 0 Å². The summed E-state index contributed by atoms with van der Waals surface area (Å²) in [5, 5.41) is 13.8. The number of aliphatic hydroxyl groups is 1. The van der Waals surface area contributed by atoms with Crippen LogP contribution in [0.3, 0.4) is 0 Å². The van der Waals surface area contributed by atoms with Crippen LogP contribution in [0.4, 0.5) is 0 Å². The second kappa shape index (κ2) is 9.53. The van der Waals surface area contributed by atoms with E-state index in [1.54, 1.807) is 19.0 Å². The first-order chi connectivity index (χ1) is 13.4. The van der Waals surface area contributed by atoms with E-state index < -0.39 is 0 Å². The molecule has 0 heterocycles. The lowest BCUT2D eigenvalue weighted by molar-refractivity contribution is -0.127. The lowest BCUT2D eigenvalue weighted by Gasteiger charge is -2.18.